The molecule has 1 N–H and O–H groups in total. The van der Waals surface area contributed by atoms with Gasteiger partial charge in [-0.2, -0.15) is 5.10 Å². The molecule has 0 unspecified atom stereocenters. The van der Waals surface area contributed by atoms with Crippen molar-refractivity contribution in [1.29, 1.82) is 0 Å². The van der Waals surface area contributed by atoms with E-state index in [0.29, 0.717) is 61.3 Å². The number of rotatable bonds is 3. The number of likely N-dealkylation sites (tertiary alicyclic amines) is 2. The molecule has 0 aliphatic carbocycles. The van der Waals surface area contributed by atoms with Gasteiger partial charge in [0.25, 0.3) is 5.56 Å². The van der Waals surface area contributed by atoms with Crippen molar-refractivity contribution in [3.05, 3.63) is 41.2 Å². The first-order valence-electron chi connectivity index (χ1n) is 12.3. The molecule has 0 spiro atoms. The van der Waals surface area contributed by atoms with Gasteiger partial charge in [-0.05, 0) is 46.1 Å². The fraction of sp³-hybridized carbons (Fsp3) is 0.520. The number of carbonyl (C=O) groups excluding carboxylic acids is 2. The fourth-order valence-electron chi connectivity index (χ4n) is 4.84. The van der Waals surface area contributed by atoms with Gasteiger partial charge in [0.15, 0.2) is 0 Å². The molecule has 5 heterocycles. The van der Waals surface area contributed by atoms with Crippen molar-refractivity contribution in [2.75, 3.05) is 26.2 Å². The quantitative estimate of drug-likeness (QED) is 0.594. The number of H-pyrrole nitrogens is 1. The highest BCUT2D eigenvalue weighted by molar-refractivity contribution is 5.80. The average Bonchev–Trinajstić information content (AvgIpc) is 3.53. The molecule has 36 heavy (non-hydrogen) atoms. The van der Waals surface area contributed by atoms with E-state index >= 15 is 0 Å². The van der Waals surface area contributed by atoms with E-state index in [1.165, 1.54) is 0 Å². The minimum atomic E-state index is -0.530. The van der Waals surface area contributed by atoms with Crippen LogP contribution < -0.4 is 5.56 Å². The number of hydrogen-bond donors (Lipinski definition) is 1. The largest absolute Gasteiger partial charge is 0.444 e. The van der Waals surface area contributed by atoms with Crippen LogP contribution in [0.4, 0.5) is 4.79 Å². The van der Waals surface area contributed by atoms with Crippen LogP contribution in [0.3, 0.4) is 0 Å². The maximum absolute atomic E-state index is 13.2. The lowest BCUT2D eigenvalue weighted by Gasteiger charge is -2.34. The molecule has 3 aromatic rings. The molecule has 0 aromatic carbocycles. The lowest BCUT2D eigenvalue weighted by Crippen LogP contribution is -2.45. The van der Waals surface area contributed by atoms with Crippen LogP contribution in [0.5, 0.6) is 0 Å². The maximum atomic E-state index is 13.2. The van der Waals surface area contributed by atoms with E-state index in [1.807, 2.05) is 36.5 Å². The summed E-state index contributed by atoms with van der Waals surface area (Å²) in [6, 6.07) is 1.69. The zero-order valence-corrected chi connectivity index (χ0v) is 20.8. The van der Waals surface area contributed by atoms with E-state index in [9.17, 15) is 14.4 Å². The van der Waals surface area contributed by atoms with E-state index in [4.69, 9.17) is 4.74 Å². The molecule has 0 radical (unpaired) electrons. The molecule has 5 rings (SSSR count). The van der Waals surface area contributed by atoms with Crippen LogP contribution in [-0.2, 0) is 9.53 Å². The highest BCUT2D eigenvalue weighted by Gasteiger charge is 2.35. The monoisotopic (exact) mass is 493 g/mol. The Labute approximate surface area is 208 Å². The number of carbonyl (C=O) groups is 2. The van der Waals surface area contributed by atoms with Crippen LogP contribution in [-0.4, -0.2) is 78.3 Å². The Morgan fingerprint density at radius 3 is 2.58 bits per heavy atom. The minimum absolute atomic E-state index is 0.0541. The van der Waals surface area contributed by atoms with Gasteiger partial charge in [-0.3, -0.25) is 19.3 Å². The molecule has 0 saturated carbocycles. The Kier molecular flexibility index (Phi) is 6.23. The summed E-state index contributed by atoms with van der Waals surface area (Å²) in [5.74, 6) is 0.493. The van der Waals surface area contributed by atoms with Crippen LogP contribution in [0.1, 0.15) is 46.1 Å². The van der Waals surface area contributed by atoms with E-state index in [-0.39, 0.29) is 29.5 Å². The first-order chi connectivity index (χ1) is 17.2. The Balaban J connectivity index is 1.19. The van der Waals surface area contributed by atoms with Crippen LogP contribution in [0.25, 0.3) is 22.3 Å². The van der Waals surface area contributed by atoms with E-state index in [0.717, 1.165) is 6.42 Å². The lowest BCUT2D eigenvalue weighted by molar-refractivity contribution is -0.136. The van der Waals surface area contributed by atoms with Crippen molar-refractivity contribution in [2.24, 2.45) is 5.92 Å². The Morgan fingerprint density at radius 2 is 1.83 bits per heavy atom. The number of piperidine rings is 1. The SMILES string of the molecule is CC(C)(C)OC(=O)N1CCC(C(=O)N2CC[C@H](n3cc(-c4nc5cnccc5c(=O)[nH]4)cn3)C2)CC1. The number of aromatic amines is 1. The second kappa shape index (κ2) is 9.36. The number of fused-ring (bicyclic) bond motifs is 1. The van der Waals surface area contributed by atoms with Crippen LogP contribution >= 0.6 is 0 Å². The van der Waals surface area contributed by atoms with Gasteiger partial charge in [0, 0.05) is 44.5 Å². The lowest BCUT2D eigenvalue weighted by atomic mass is 9.95. The molecule has 11 nitrogen and oxygen atoms in total. The van der Waals surface area contributed by atoms with Gasteiger partial charge in [-0.1, -0.05) is 0 Å². The van der Waals surface area contributed by atoms with Gasteiger partial charge in [0.2, 0.25) is 5.91 Å². The molecule has 2 aliphatic rings. The number of nitrogens with one attached hydrogen (secondary N) is 1. The maximum Gasteiger partial charge on any atom is 0.410 e. The third kappa shape index (κ3) is 4.95. The summed E-state index contributed by atoms with van der Waals surface area (Å²) in [4.78, 5) is 52.9. The van der Waals surface area contributed by atoms with Gasteiger partial charge < -0.3 is 19.5 Å². The summed E-state index contributed by atoms with van der Waals surface area (Å²) in [6.45, 7) is 7.85. The summed E-state index contributed by atoms with van der Waals surface area (Å²) in [5, 5.41) is 4.98. The smallest absolute Gasteiger partial charge is 0.410 e. The Morgan fingerprint density at radius 1 is 1.08 bits per heavy atom. The van der Waals surface area contributed by atoms with Crippen molar-refractivity contribution in [1.82, 2.24) is 34.5 Å². The first-order valence-corrected chi connectivity index (χ1v) is 12.3. The molecule has 2 aliphatic heterocycles. The molecule has 2 amide bonds. The number of nitrogens with zero attached hydrogens (tertiary/aromatic N) is 6. The summed E-state index contributed by atoms with van der Waals surface area (Å²) >= 11 is 0. The molecule has 1 atom stereocenters. The predicted octanol–water partition coefficient (Wildman–Crippen LogP) is 2.60. The van der Waals surface area contributed by atoms with Crippen molar-refractivity contribution in [2.45, 2.75) is 51.7 Å². The van der Waals surface area contributed by atoms with E-state index in [2.05, 4.69) is 20.1 Å². The molecule has 190 valence electrons. The average molecular weight is 494 g/mol. The molecule has 2 saturated heterocycles. The predicted molar refractivity (Wildman–Crippen MR) is 132 cm³/mol. The van der Waals surface area contributed by atoms with Crippen molar-refractivity contribution >= 4 is 22.9 Å². The number of hydrogen-bond acceptors (Lipinski definition) is 7. The van der Waals surface area contributed by atoms with Gasteiger partial charge in [0.05, 0.1) is 34.9 Å². The molecule has 3 aromatic heterocycles. The van der Waals surface area contributed by atoms with E-state index in [1.54, 1.807) is 29.6 Å². The number of aromatic nitrogens is 5. The van der Waals surface area contributed by atoms with Gasteiger partial charge >= 0.3 is 6.09 Å². The molecular weight excluding hydrogens is 462 g/mol. The zero-order valence-electron chi connectivity index (χ0n) is 20.8. The van der Waals surface area contributed by atoms with E-state index < -0.39 is 5.60 Å². The van der Waals surface area contributed by atoms with Crippen molar-refractivity contribution in [3.63, 3.8) is 0 Å². The molecular formula is C25H31N7O4. The van der Waals surface area contributed by atoms with Crippen molar-refractivity contribution in [3.8, 4) is 11.4 Å². The summed E-state index contributed by atoms with van der Waals surface area (Å²) in [6.07, 6.45) is 8.43. The number of pyridine rings is 1. The number of ether oxygens (including phenoxy) is 1. The summed E-state index contributed by atoms with van der Waals surface area (Å²) < 4.78 is 7.30. The molecule has 2 fully saturated rings. The molecule has 0 bridgehead atoms. The normalized spacial score (nSPS) is 19.1. The Bertz CT molecular complexity index is 1330. The summed E-state index contributed by atoms with van der Waals surface area (Å²) in [7, 11) is 0. The second-order valence-electron chi connectivity index (χ2n) is 10.5. The second-order valence-corrected chi connectivity index (χ2v) is 10.5. The fourth-order valence-corrected chi connectivity index (χ4v) is 4.84. The third-order valence-corrected chi connectivity index (χ3v) is 6.73. The van der Waals surface area contributed by atoms with Crippen LogP contribution in [0, 0.1) is 5.92 Å². The Hall–Kier alpha value is -3.76. The van der Waals surface area contributed by atoms with Crippen molar-refractivity contribution < 1.29 is 14.3 Å². The zero-order chi connectivity index (χ0) is 25.4. The highest BCUT2D eigenvalue weighted by Crippen LogP contribution is 2.28. The van der Waals surface area contributed by atoms with Crippen LogP contribution in [0.2, 0.25) is 0 Å². The third-order valence-electron chi connectivity index (χ3n) is 6.73. The highest BCUT2D eigenvalue weighted by atomic mass is 16.6. The molecule has 11 heteroatoms. The van der Waals surface area contributed by atoms with Crippen LogP contribution in [0.15, 0.2) is 35.6 Å². The standard InChI is InChI=1S/C25H31N7O4/c1-25(2,3)36-24(35)30-9-5-16(6-10-30)23(34)31-11-7-18(15-31)32-14-17(12-27-32)21-28-20-13-26-8-4-19(20)22(33)29-21/h4,8,12-14,16,18H,5-7,9-11,15H2,1-3H3,(H,28,29,33)/t18-/m0/s1. The first kappa shape index (κ1) is 24.0. The van der Waals surface area contributed by atoms with Gasteiger partial charge in [0.1, 0.15) is 11.4 Å². The number of amides is 2. The van der Waals surface area contributed by atoms with Gasteiger partial charge in [-0.25, -0.2) is 9.78 Å². The summed E-state index contributed by atoms with van der Waals surface area (Å²) in [5.41, 5.74) is 0.481. The topological polar surface area (TPSA) is 126 Å². The minimum Gasteiger partial charge on any atom is -0.444 e. The van der Waals surface area contributed by atoms with Gasteiger partial charge in [-0.15, -0.1) is 0 Å².